The van der Waals surface area contributed by atoms with E-state index in [1.165, 1.54) is 16.4 Å². The Morgan fingerprint density at radius 3 is 2.17 bits per heavy atom. The van der Waals surface area contributed by atoms with Crippen LogP contribution in [0.25, 0.3) is 0 Å². The number of alkyl halides is 3. The standard InChI is InChI=1S/C17H14Cl4F3N3O2S/c18-11-7-13(20)15(8-12(11)19)30(28,29)27-3-1-2-26(4-5-27)16-14(21)6-10(9-25-16)17(22,23)24/h6-9H,1-5H2. The molecular weight excluding hydrogens is 509 g/mol. The third-order valence-corrected chi connectivity index (χ3v) is 7.86. The zero-order chi connectivity index (χ0) is 22.3. The van der Waals surface area contributed by atoms with Crippen molar-refractivity contribution in [2.45, 2.75) is 17.5 Å². The Bertz CT molecular complexity index is 1070. The number of pyridine rings is 1. The third-order valence-electron chi connectivity index (χ3n) is 4.50. The van der Waals surface area contributed by atoms with Crippen molar-refractivity contribution in [1.82, 2.24) is 9.29 Å². The van der Waals surface area contributed by atoms with Crippen molar-refractivity contribution in [3.05, 3.63) is 50.0 Å². The van der Waals surface area contributed by atoms with Crippen LogP contribution in [0.4, 0.5) is 19.0 Å². The van der Waals surface area contributed by atoms with Gasteiger partial charge in [-0.15, -0.1) is 0 Å². The third kappa shape index (κ3) is 4.92. The summed E-state index contributed by atoms with van der Waals surface area (Å²) in [6.45, 7) is 0.765. The Hall–Kier alpha value is -0.970. The summed E-state index contributed by atoms with van der Waals surface area (Å²) in [5.41, 5.74) is -0.954. The lowest BCUT2D eigenvalue weighted by molar-refractivity contribution is -0.137. The van der Waals surface area contributed by atoms with Gasteiger partial charge in [0.15, 0.2) is 0 Å². The van der Waals surface area contributed by atoms with Crippen molar-refractivity contribution in [3.8, 4) is 0 Å². The Morgan fingerprint density at radius 1 is 0.867 bits per heavy atom. The maximum atomic E-state index is 13.0. The molecule has 1 aromatic heterocycles. The first kappa shape index (κ1) is 23.7. The molecule has 0 radical (unpaired) electrons. The van der Waals surface area contributed by atoms with Gasteiger partial charge in [-0.25, -0.2) is 13.4 Å². The highest BCUT2D eigenvalue weighted by atomic mass is 35.5. The molecule has 0 bridgehead atoms. The summed E-state index contributed by atoms with van der Waals surface area (Å²) in [5, 5.41) is -0.0332. The molecule has 1 fully saturated rings. The van der Waals surface area contributed by atoms with Gasteiger partial charge in [-0.3, -0.25) is 0 Å². The van der Waals surface area contributed by atoms with Crippen molar-refractivity contribution in [2.24, 2.45) is 0 Å². The van der Waals surface area contributed by atoms with Gasteiger partial charge in [-0.2, -0.15) is 17.5 Å². The van der Waals surface area contributed by atoms with Crippen molar-refractivity contribution in [1.29, 1.82) is 0 Å². The lowest BCUT2D eigenvalue weighted by atomic mass is 10.2. The number of anilines is 1. The van der Waals surface area contributed by atoms with Gasteiger partial charge in [0.2, 0.25) is 10.0 Å². The first-order chi connectivity index (χ1) is 13.9. The zero-order valence-corrected chi connectivity index (χ0v) is 18.9. The fraction of sp³-hybridized carbons (Fsp3) is 0.353. The van der Waals surface area contributed by atoms with Crippen molar-refractivity contribution >= 4 is 62.2 Å². The molecule has 1 aliphatic heterocycles. The van der Waals surface area contributed by atoms with Crippen LogP contribution in [0.3, 0.4) is 0 Å². The van der Waals surface area contributed by atoms with E-state index in [0.29, 0.717) is 19.2 Å². The molecule has 0 unspecified atom stereocenters. The molecule has 0 aliphatic carbocycles. The first-order valence-electron chi connectivity index (χ1n) is 8.53. The van der Waals surface area contributed by atoms with Gasteiger partial charge in [-0.1, -0.05) is 46.4 Å². The second kappa shape index (κ2) is 8.88. The van der Waals surface area contributed by atoms with E-state index in [0.717, 1.165) is 6.07 Å². The molecule has 0 amide bonds. The van der Waals surface area contributed by atoms with Crippen LogP contribution in [-0.4, -0.2) is 43.9 Å². The number of halogens is 7. The molecule has 1 aromatic carbocycles. The largest absolute Gasteiger partial charge is 0.417 e. The van der Waals surface area contributed by atoms with E-state index >= 15 is 0 Å². The SMILES string of the molecule is O=S(=O)(c1cc(Cl)c(Cl)cc1Cl)N1CCCN(c2ncc(C(F)(F)F)cc2Cl)CC1. The molecule has 30 heavy (non-hydrogen) atoms. The van der Waals surface area contributed by atoms with Crippen LogP contribution in [0.1, 0.15) is 12.0 Å². The highest BCUT2D eigenvalue weighted by Gasteiger charge is 2.33. The molecule has 0 atom stereocenters. The Kier molecular flexibility index (Phi) is 7.01. The number of hydrogen-bond donors (Lipinski definition) is 0. The van der Waals surface area contributed by atoms with Crippen LogP contribution in [-0.2, 0) is 16.2 Å². The van der Waals surface area contributed by atoms with Crippen LogP contribution in [0.15, 0.2) is 29.3 Å². The van der Waals surface area contributed by atoms with Crippen LogP contribution in [0.5, 0.6) is 0 Å². The van der Waals surface area contributed by atoms with Crippen molar-refractivity contribution in [2.75, 3.05) is 31.1 Å². The molecule has 0 saturated carbocycles. The van der Waals surface area contributed by atoms with Crippen LogP contribution in [0, 0.1) is 0 Å². The van der Waals surface area contributed by atoms with E-state index in [-0.39, 0.29) is 50.4 Å². The second-order valence-corrected chi connectivity index (χ2v) is 10.0. The summed E-state index contributed by atoms with van der Waals surface area (Å²) in [7, 11) is -3.97. The number of hydrogen-bond acceptors (Lipinski definition) is 4. The Balaban J connectivity index is 1.82. The maximum Gasteiger partial charge on any atom is 0.417 e. The minimum Gasteiger partial charge on any atom is -0.354 e. The van der Waals surface area contributed by atoms with E-state index in [4.69, 9.17) is 46.4 Å². The summed E-state index contributed by atoms with van der Waals surface area (Å²) in [6.07, 6.45) is -3.45. The Morgan fingerprint density at radius 2 is 1.53 bits per heavy atom. The van der Waals surface area contributed by atoms with Crippen molar-refractivity contribution < 1.29 is 21.6 Å². The summed E-state index contributed by atoms with van der Waals surface area (Å²) in [5.74, 6) is 0.163. The van der Waals surface area contributed by atoms with Gasteiger partial charge >= 0.3 is 6.18 Å². The molecule has 13 heteroatoms. The van der Waals surface area contributed by atoms with Gasteiger partial charge in [0.05, 0.1) is 25.7 Å². The Labute approximate surface area is 191 Å². The van der Waals surface area contributed by atoms with Gasteiger partial charge in [0.1, 0.15) is 10.7 Å². The predicted octanol–water partition coefficient (Wildman–Crippen LogP) is 5.62. The summed E-state index contributed by atoms with van der Waals surface area (Å²) >= 11 is 23.9. The average molecular weight is 523 g/mol. The van der Waals surface area contributed by atoms with E-state index < -0.39 is 21.8 Å². The van der Waals surface area contributed by atoms with Crippen LogP contribution >= 0.6 is 46.4 Å². The van der Waals surface area contributed by atoms with Crippen LogP contribution in [0.2, 0.25) is 20.1 Å². The summed E-state index contributed by atoms with van der Waals surface area (Å²) in [4.78, 5) is 5.32. The van der Waals surface area contributed by atoms with Gasteiger partial charge in [0, 0.05) is 32.4 Å². The molecule has 2 heterocycles. The monoisotopic (exact) mass is 521 g/mol. The van der Waals surface area contributed by atoms with Gasteiger partial charge in [-0.05, 0) is 24.6 Å². The van der Waals surface area contributed by atoms with Gasteiger partial charge < -0.3 is 4.90 Å². The first-order valence-corrected chi connectivity index (χ1v) is 11.5. The molecule has 5 nitrogen and oxygen atoms in total. The molecule has 3 rings (SSSR count). The van der Waals surface area contributed by atoms with E-state index in [1.54, 1.807) is 4.90 Å². The topological polar surface area (TPSA) is 53.5 Å². The molecule has 2 aromatic rings. The molecule has 0 spiro atoms. The zero-order valence-electron chi connectivity index (χ0n) is 15.1. The number of nitrogens with zero attached hydrogens (tertiary/aromatic N) is 3. The van der Waals surface area contributed by atoms with E-state index in [1.807, 2.05) is 0 Å². The molecule has 1 saturated heterocycles. The normalized spacial score (nSPS) is 16.6. The number of aromatic nitrogens is 1. The summed E-state index contributed by atoms with van der Waals surface area (Å²) < 4.78 is 65.8. The minimum absolute atomic E-state index is 0.0526. The quantitative estimate of drug-likeness (QED) is 0.491. The van der Waals surface area contributed by atoms with E-state index in [2.05, 4.69) is 4.98 Å². The average Bonchev–Trinajstić information content (AvgIpc) is 2.90. The number of sulfonamides is 1. The predicted molar refractivity (Wildman–Crippen MR) is 111 cm³/mol. The lowest BCUT2D eigenvalue weighted by Gasteiger charge is -2.24. The van der Waals surface area contributed by atoms with Gasteiger partial charge in [0.25, 0.3) is 0 Å². The second-order valence-electron chi connectivity index (χ2n) is 6.47. The number of rotatable bonds is 3. The smallest absolute Gasteiger partial charge is 0.354 e. The number of benzene rings is 1. The molecule has 1 aliphatic rings. The fourth-order valence-electron chi connectivity index (χ4n) is 3.01. The van der Waals surface area contributed by atoms with E-state index in [9.17, 15) is 21.6 Å². The lowest BCUT2D eigenvalue weighted by Crippen LogP contribution is -2.35. The van der Waals surface area contributed by atoms with Crippen molar-refractivity contribution in [3.63, 3.8) is 0 Å². The fourth-order valence-corrected chi connectivity index (χ4v) is 5.74. The minimum atomic E-state index is -4.56. The highest BCUT2D eigenvalue weighted by Crippen LogP contribution is 2.35. The maximum absolute atomic E-state index is 13.0. The molecule has 0 N–H and O–H groups in total. The summed E-state index contributed by atoms with van der Waals surface area (Å²) in [6, 6.07) is 3.26. The molecule has 164 valence electrons. The molecular formula is C17H14Cl4F3N3O2S. The van der Waals surface area contributed by atoms with Crippen LogP contribution < -0.4 is 4.90 Å². The highest BCUT2D eigenvalue weighted by molar-refractivity contribution is 7.89.